The van der Waals surface area contributed by atoms with E-state index in [1.807, 2.05) is 42.6 Å². The summed E-state index contributed by atoms with van der Waals surface area (Å²) in [5, 5.41) is 9.70. The summed E-state index contributed by atoms with van der Waals surface area (Å²) in [6.07, 6.45) is 0. The Balaban J connectivity index is 1.62. The zero-order valence-corrected chi connectivity index (χ0v) is 16.9. The van der Waals surface area contributed by atoms with Crippen LogP contribution in [0.3, 0.4) is 0 Å². The summed E-state index contributed by atoms with van der Waals surface area (Å²) in [5.41, 5.74) is 3.91. The molecule has 0 atom stereocenters. The second-order valence-electron chi connectivity index (χ2n) is 6.53. The number of hydrogen-bond donors (Lipinski definition) is 2. The number of amides is 2. The fourth-order valence-electron chi connectivity index (χ4n) is 2.90. The summed E-state index contributed by atoms with van der Waals surface area (Å²) in [6.45, 7) is 3.94. The molecule has 0 spiro atoms. The number of carbonyl (C=O) groups is 1. The zero-order valence-electron chi connectivity index (χ0n) is 16.1. The molecule has 0 saturated heterocycles. The van der Waals surface area contributed by atoms with Gasteiger partial charge in [-0.15, -0.1) is 11.3 Å². The van der Waals surface area contributed by atoms with Crippen LogP contribution in [0.15, 0.2) is 29.6 Å². The van der Waals surface area contributed by atoms with Crippen LogP contribution in [0.1, 0.15) is 11.4 Å². The number of ether oxygens (including phenoxy) is 1. The highest BCUT2D eigenvalue weighted by Crippen LogP contribution is 2.23. The lowest BCUT2D eigenvalue weighted by atomic mass is 10.2. The number of thiazole rings is 1. The minimum atomic E-state index is -0.246. The molecule has 0 aliphatic heterocycles. The Labute approximate surface area is 163 Å². The third-order valence-electron chi connectivity index (χ3n) is 4.24. The normalized spacial score (nSPS) is 11.0. The van der Waals surface area contributed by atoms with E-state index < -0.39 is 0 Å². The van der Waals surface area contributed by atoms with E-state index >= 15 is 0 Å². The van der Waals surface area contributed by atoms with Gasteiger partial charge in [0.05, 0.1) is 18.8 Å². The van der Waals surface area contributed by atoms with Crippen molar-refractivity contribution in [3.05, 3.63) is 41.0 Å². The molecule has 1 aromatic carbocycles. The molecule has 0 aliphatic rings. The molecule has 27 heavy (non-hydrogen) atoms. The Morgan fingerprint density at radius 2 is 2.15 bits per heavy atom. The van der Waals surface area contributed by atoms with Crippen molar-refractivity contribution in [1.29, 1.82) is 0 Å². The van der Waals surface area contributed by atoms with E-state index in [1.54, 1.807) is 18.4 Å². The number of fused-ring (bicyclic) bond motifs is 1. The second-order valence-corrected chi connectivity index (χ2v) is 7.36. The molecule has 2 heterocycles. The van der Waals surface area contributed by atoms with Crippen LogP contribution in [-0.4, -0.2) is 43.4 Å². The predicted molar refractivity (Wildman–Crippen MR) is 111 cm³/mol. The van der Waals surface area contributed by atoms with Crippen LogP contribution in [0, 0.1) is 6.92 Å². The summed E-state index contributed by atoms with van der Waals surface area (Å²) in [4.78, 5) is 18.6. The van der Waals surface area contributed by atoms with E-state index in [4.69, 9.17) is 4.74 Å². The maximum atomic E-state index is 12.2. The molecule has 3 aromatic rings. The molecule has 2 N–H and O–H groups in total. The van der Waals surface area contributed by atoms with Crippen molar-refractivity contribution in [2.75, 3.05) is 38.0 Å². The SMILES string of the molecule is COCCn1c(C)cc2cc(NC(=O)NCc3csc(N(C)C)n3)ccc21. The molecule has 2 amide bonds. The molecule has 0 saturated carbocycles. The van der Waals surface area contributed by atoms with Crippen LogP contribution in [0.2, 0.25) is 0 Å². The second kappa shape index (κ2) is 8.41. The number of nitrogens with zero attached hydrogens (tertiary/aromatic N) is 3. The monoisotopic (exact) mass is 387 g/mol. The first-order valence-corrected chi connectivity index (χ1v) is 9.61. The van der Waals surface area contributed by atoms with Gasteiger partial charge in [-0.1, -0.05) is 0 Å². The molecule has 8 heteroatoms. The molecular formula is C19H25N5O2S. The average molecular weight is 388 g/mol. The maximum absolute atomic E-state index is 12.2. The lowest BCUT2D eigenvalue weighted by Gasteiger charge is -2.09. The van der Waals surface area contributed by atoms with Crippen molar-refractivity contribution in [2.45, 2.75) is 20.0 Å². The molecule has 0 radical (unpaired) electrons. The number of benzene rings is 1. The van der Waals surface area contributed by atoms with Gasteiger partial charge in [0.15, 0.2) is 5.13 Å². The topological polar surface area (TPSA) is 71.4 Å². The third-order valence-corrected chi connectivity index (χ3v) is 5.29. The summed E-state index contributed by atoms with van der Waals surface area (Å²) in [5.74, 6) is 0. The largest absolute Gasteiger partial charge is 0.383 e. The smallest absolute Gasteiger partial charge is 0.319 e. The first-order chi connectivity index (χ1) is 13.0. The number of rotatable bonds is 7. The Kier molecular flexibility index (Phi) is 5.98. The van der Waals surface area contributed by atoms with E-state index in [9.17, 15) is 4.79 Å². The van der Waals surface area contributed by atoms with Crippen molar-refractivity contribution in [2.24, 2.45) is 0 Å². The van der Waals surface area contributed by atoms with E-state index in [1.165, 1.54) is 5.69 Å². The van der Waals surface area contributed by atoms with Gasteiger partial charge in [0.2, 0.25) is 0 Å². The fraction of sp³-hybridized carbons (Fsp3) is 0.368. The molecule has 2 aromatic heterocycles. The van der Waals surface area contributed by atoms with E-state index in [0.717, 1.165) is 34.0 Å². The van der Waals surface area contributed by atoms with E-state index in [-0.39, 0.29) is 6.03 Å². The highest BCUT2D eigenvalue weighted by Gasteiger charge is 2.09. The lowest BCUT2D eigenvalue weighted by Crippen LogP contribution is -2.28. The van der Waals surface area contributed by atoms with Crippen molar-refractivity contribution in [3.63, 3.8) is 0 Å². The van der Waals surface area contributed by atoms with Gasteiger partial charge in [0.1, 0.15) is 0 Å². The highest BCUT2D eigenvalue weighted by atomic mass is 32.1. The predicted octanol–water partition coefficient (Wildman–Crippen LogP) is 3.44. The number of methoxy groups -OCH3 is 1. The van der Waals surface area contributed by atoms with Gasteiger partial charge in [0.25, 0.3) is 0 Å². The zero-order chi connectivity index (χ0) is 19.4. The number of aryl methyl sites for hydroxylation is 1. The number of nitrogens with one attached hydrogen (secondary N) is 2. The highest BCUT2D eigenvalue weighted by molar-refractivity contribution is 7.13. The molecule has 0 unspecified atom stereocenters. The van der Waals surface area contributed by atoms with Gasteiger partial charge in [-0.3, -0.25) is 0 Å². The summed E-state index contributed by atoms with van der Waals surface area (Å²) in [7, 11) is 5.60. The van der Waals surface area contributed by atoms with Gasteiger partial charge in [-0.25, -0.2) is 9.78 Å². The van der Waals surface area contributed by atoms with Crippen molar-refractivity contribution < 1.29 is 9.53 Å². The van der Waals surface area contributed by atoms with Crippen LogP contribution in [-0.2, 0) is 17.8 Å². The molecule has 0 aliphatic carbocycles. The Morgan fingerprint density at radius 1 is 1.33 bits per heavy atom. The van der Waals surface area contributed by atoms with Gasteiger partial charge >= 0.3 is 6.03 Å². The average Bonchev–Trinajstić information content (AvgIpc) is 3.22. The van der Waals surface area contributed by atoms with Crippen LogP contribution >= 0.6 is 11.3 Å². The summed E-state index contributed by atoms with van der Waals surface area (Å²) in [6, 6.07) is 7.80. The summed E-state index contributed by atoms with van der Waals surface area (Å²) < 4.78 is 7.40. The molecule has 7 nitrogen and oxygen atoms in total. The Morgan fingerprint density at radius 3 is 2.85 bits per heavy atom. The maximum Gasteiger partial charge on any atom is 0.319 e. The Bertz CT molecular complexity index is 931. The third kappa shape index (κ3) is 4.58. The number of carbonyl (C=O) groups excluding carboxylic acids is 1. The number of hydrogen-bond acceptors (Lipinski definition) is 5. The van der Waals surface area contributed by atoms with Gasteiger partial charge in [-0.2, -0.15) is 0 Å². The Hall–Kier alpha value is -2.58. The number of aromatic nitrogens is 2. The molecule has 3 rings (SSSR count). The van der Waals surface area contributed by atoms with Gasteiger partial charge in [-0.05, 0) is 31.2 Å². The van der Waals surface area contributed by atoms with Crippen LogP contribution in [0.25, 0.3) is 10.9 Å². The quantitative estimate of drug-likeness (QED) is 0.651. The molecule has 0 bridgehead atoms. The molecule has 144 valence electrons. The van der Waals surface area contributed by atoms with Crippen LogP contribution in [0.4, 0.5) is 15.6 Å². The number of urea groups is 1. The van der Waals surface area contributed by atoms with Crippen LogP contribution in [0.5, 0.6) is 0 Å². The van der Waals surface area contributed by atoms with E-state index in [0.29, 0.717) is 13.2 Å². The van der Waals surface area contributed by atoms with Crippen LogP contribution < -0.4 is 15.5 Å². The molecular weight excluding hydrogens is 362 g/mol. The molecule has 0 fully saturated rings. The lowest BCUT2D eigenvalue weighted by molar-refractivity contribution is 0.188. The van der Waals surface area contributed by atoms with Gasteiger partial charge in [0, 0.05) is 55.4 Å². The van der Waals surface area contributed by atoms with E-state index in [2.05, 4.69) is 33.2 Å². The van der Waals surface area contributed by atoms with Crippen molar-refractivity contribution in [3.8, 4) is 0 Å². The number of anilines is 2. The minimum Gasteiger partial charge on any atom is -0.383 e. The van der Waals surface area contributed by atoms with Crippen molar-refractivity contribution in [1.82, 2.24) is 14.9 Å². The standard InChI is InChI=1S/C19H25N5O2S/c1-13-9-14-10-15(5-6-17(14)24(13)7-8-26-4)21-18(25)20-11-16-12-27-19(22-16)23(2)3/h5-6,9-10,12H,7-8,11H2,1-4H3,(H2,20,21,25). The minimum absolute atomic E-state index is 0.246. The fourth-order valence-corrected chi connectivity index (χ4v) is 3.65. The van der Waals surface area contributed by atoms with Crippen molar-refractivity contribution >= 4 is 39.1 Å². The van der Waals surface area contributed by atoms with Gasteiger partial charge < -0.3 is 24.8 Å². The first-order valence-electron chi connectivity index (χ1n) is 8.73. The first kappa shape index (κ1) is 19.2. The summed E-state index contributed by atoms with van der Waals surface area (Å²) >= 11 is 1.56.